The van der Waals surface area contributed by atoms with Crippen LogP contribution in [0.15, 0.2) is 4.99 Å². The molecule has 1 saturated heterocycles. The summed E-state index contributed by atoms with van der Waals surface area (Å²) >= 11 is 1.33. The van der Waals surface area contributed by atoms with Crippen molar-refractivity contribution in [1.29, 1.82) is 0 Å². The minimum absolute atomic E-state index is 0.0616. The smallest absolute Gasteiger partial charge is 0.242 e. The number of amidine groups is 1. The van der Waals surface area contributed by atoms with Gasteiger partial charge in [0.05, 0.1) is 0 Å². The zero-order valence-electron chi connectivity index (χ0n) is 8.90. The van der Waals surface area contributed by atoms with E-state index in [1.54, 1.807) is 4.90 Å². The second-order valence-electron chi connectivity index (χ2n) is 3.12. The third-order valence-electron chi connectivity index (χ3n) is 2.02. The van der Waals surface area contributed by atoms with Gasteiger partial charge in [0.15, 0.2) is 5.17 Å². The monoisotopic (exact) mass is 229 g/mol. The van der Waals surface area contributed by atoms with Gasteiger partial charge in [0.25, 0.3) is 0 Å². The Morgan fingerprint density at radius 3 is 2.73 bits per heavy atom. The Bertz CT molecular complexity index is 304. The fourth-order valence-corrected chi connectivity index (χ4v) is 2.65. The zero-order valence-corrected chi connectivity index (χ0v) is 9.71. The van der Waals surface area contributed by atoms with E-state index in [9.17, 15) is 9.59 Å². The number of carbonyl (C=O) groups excluding carboxylic acids is 2. The predicted molar refractivity (Wildman–Crippen MR) is 60.6 cm³/mol. The van der Waals surface area contributed by atoms with Crippen LogP contribution in [0.3, 0.4) is 0 Å². The van der Waals surface area contributed by atoms with Gasteiger partial charge >= 0.3 is 0 Å². The third kappa shape index (κ3) is 2.71. The van der Waals surface area contributed by atoms with Crippen LogP contribution in [0.5, 0.6) is 0 Å². The number of thioether (sulfide) groups is 1. The summed E-state index contributed by atoms with van der Waals surface area (Å²) in [6, 6.07) is 0. The minimum Gasteiger partial charge on any atom is -0.370 e. The molecule has 0 saturated carbocycles. The highest BCUT2D eigenvalue weighted by atomic mass is 32.2. The molecular formula is C9H15N3O2S. The lowest BCUT2D eigenvalue weighted by atomic mass is 10.2. The maximum atomic E-state index is 11.8. The van der Waals surface area contributed by atoms with E-state index in [0.717, 1.165) is 0 Å². The van der Waals surface area contributed by atoms with Crippen LogP contribution in [-0.4, -0.2) is 40.2 Å². The molecule has 0 spiro atoms. The molecule has 0 aliphatic carbocycles. The summed E-state index contributed by atoms with van der Waals surface area (Å²) in [6.07, 6.45) is 0.0860. The van der Waals surface area contributed by atoms with Crippen molar-refractivity contribution in [3.05, 3.63) is 0 Å². The molecule has 6 heteroatoms. The van der Waals surface area contributed by atoms with Crippen LogP contribution in [0, 0.1) is 0 Å². The minimum atomic E-state index is -0.449. The van der Waals surface area contributed by atoms with Crippen LogP contribution in [0.25, 0.3) is 0 Å². The molecule has 84 valence electrons. The molecule has 1 aliphatic heterocycles. The van der Waals surface area contributed by atoms with Gasteiger partial charge in [-0.2, -0.15) is 0 Å². The average molecular weight is 229 g/mol. The van der Waals surface area contributed by atoms with Crippen LogP contribution in [-0.2, 0) is 9.59 Å². The van der Waals surface area contributed by atoms with Gasteiger partial charge in [0, 0.05) is 19.5 Å². The number of rotatable bonds is 4. The van der Waals surface area contributed by atoms with E-state index in [0.29, 0.717) is 18.3 Å². The lowest BCUT2D eigenvalue weighted by Crippen LogP contribution is -2.33. The summed E-state index contributed by atoms with van der Waals surface area (Å²) < 4.78 is 0. The number of carbonyl (C=O) groups is 2. The molecule has 2 amide bonds. The van der Waals surface area contributed by atoms with E-state index in [1.807, 2.05) is 13.8 Å². The van der Waals surface area contributed by atoms with Crippen LogP contribution >= 0.6 is 11.8 Å². The van der Waals surface area contributed by atoms with E-state index >= 15 is 0 Å². The van der Waals surface area contributed by atoms with Crippen molar-refractivity contribution >= 4 is 28.7 Å². The number of nitrogens with zero attached hydrogens (tertiary/aromatic N) is 2. The molecule has 1 aliphatic rings. The standard InChI is InChI=1S/C9H15N3O2S/c1-3-11-9-12(4-2)8(14)6(15-9)5-7(10)13/h6H,3-5H2,1-2H3,(H2,10,13)/t6-/m0/s1. The van der Waals surface area contributed by atoms with Crippen molar-refractivity contribution in [2.75, 3.05) is 13.1 Å². The van der Waals surface area contributed by atoms with E-state index in [-0.39, 0.29) is 17.6 Å². The van der Waals surface area contributed by atoms with Crippen molar-refractivity contribution in [1.82, 2.24) is 4.90 Å². The zero-order chi connectivity index (χ0) is 11.4. The molecule has 0 aromatic carbocycles. The summed E-state index contributed by atoms with van der Waals surface area (Å²) in [7, 11) is 0. The number of aliphatic imine (C=N–C) groups is 1. The van der Waals surface area contributed by atoms with Gasteiger partial charge in [-0.3, -0.25) is 19.5 Å². The highest BCUT2D eigenvalue weighted by Gasteiger charge is 2.37. The van der Waals surface area contributed by atoms with Gasteiger partial charge in [0.1, 0.15) is 5.25 Å². The first-order valence-electron chi connectivity index (χ1n) is 4.90. The molecule has 15 heavy (non-hydrogen) atoms. The van der Waals surface area contributed by atoms with Crippen LogP contribution in [0.2, 0.25) is 0 Å². The molecule has 0 aromatic heterocycles. The van der Waals surface area contributed by atoms with Crippen molar-refractivity contribution in [2.24, 2.45) is 10.7 Å². The second-order valence-corrected chi connectivity index (χ2v) is 4.29. The second kappa shape index (κ2) is 5.16. The first-order valence-corrected chi connectivity index (χ1v) is 5.78. The largest absolute Gasteiger partial charge is 0.370 e. The fourth-order valence-electron chi connectivity index (χ4n) is 1.37. The van der Waals surface area contributed by atoms with Gasteiger partial charge in [-0.1, -0.05) is 11.8 Å². The Morgan fingerprint density at radius 1 is 1.60 bits per heavy atom. The van der Waals surface area contributed by atoms with Gasteiger partial charge in [-0.25, -0.2) is 0 Å². The molecule has 0 bridgehead atoms. The maximum absolute atomic E-state index is 11.8. The molecule has 0 radical (unpaired) electrons. The van der Waals surface area contributed by atoms with Crippen molar-refractivity contribution in [2.45, 2.75) is 25.5 Å². The molecule has 0 unspecified atom stereocenters. The van der Waals surface area contributed by atoms with Crippen LogP contribution in [0.1, 0.15) is 20.3 Å². The molecule has 1 atom stereocenters. The summed E-state index contributed by atoms with van der Waals surface area (Å²) in [5, 5.41) is 0.323. The van der Waals surface area contributed by atoms with E-state index in [2.05, 4.69) is 4.99 Å². The maximum Gasteiger partial charge on any atom is 0.242 e. The molecule has 1 fully saturated rings. The fraction of sp³-hybridized carbons (Fsp3) is 0.667. The Labute approximate surface area is 93.1 Å². The Hall–Kier alpha value is -1.04. The normalized spacial score (nSPS) is 23.9. The first kappa shape index (κ1) is 12.0. The molecule has 1 rings (SSSR count). The quantitative estimate of drug-likeness (QED) is 0.748. The summed E-state index contributed by atoms with van der Waals surface area (Å²) in [5.74, 6) is -0.511. The summed E-state index contributed by atoms with van der Waals surface area (Å²) in [4.78, 5) is 28.3. The first-order chi connectivity index (χ1) is 7.10. The molecule has 1 heterocycles. The Balaban J connectivity index is 2.78. The van der Waals surface area contributed by atoms with Gasteiger partial charge < -0.3 is 5.73 Å². The van der Waals surface area contributed by atoms with E-state index < -0.39 is 5.91 Å². The number of hydrogen-bond acceptors (Lipinski definition) is 4. The Morgan fingerprint density at radius 2 is 2.27 bits per heavy atom. The van der Waals surface area contributed by atoms with Crippen molar-refractivity contribution < 1.29 is 9.59 Å². The van der Waals surface area contributed by atoms with E-state index in [4.69, 9.17) is 5.73 Å². The van der Waals surface area contributed by atoms with Gasteiger partial charge in [-0.15, -0.1) is 0 Å². The average Bonchev–Trinajstić information content (AvgIpc) is 2.43. The van der Waals surface area contributed by atoms with Crippen LogP contribution in [0.4, 0.5) is 0 Å². The SMILES string of the molecule is CCN=C1S[C@@H](CC(N)=O)C(=O)N1CC. The number of primary amides is 1. The number of amides is 2. The number of hydrogen-bond donors (Lipinski definition) is 1. The summed E-state index contributed by atoms with van der Waals surface area (Å²) in [6.45, 7) is 5.01. The Kier molecular flexibility index (Phi) is 4.14. The van der Waals surface area contributed by atoms with Gasteiger partial charge in [-0.05, 0) is 13.8 Å². The van der Waals surface area contributed by atoms with E-state index in [1.165, 1.54) is 11.8 Å². The highest BCUT2D eigenvalue weighted by Crippen LogP contribution is 2.28. The third-order valence-corrected chi connectivity index (χ3v) is 3.23. The lowest BCUT2D eigenvalue weighted by Gasteiger charge is -2.12. The molecule has 0 aromatic rings. The van der Waals surface area contributed by atoms with Gasteiger partial charge in [0.2, 0.25) is 11.8 Å². The predicted octanol–water partition coefficient (Wildman–Crippen LogP) is 0.202. The molecule has 5 nitrogen and oxygen atoms in total. The summed E-state index contributed by atoms with van der Waals surface area (Å²) in [5.41, 5.74) is 5.08. The van der Waals surface area contributed by atoms with Crippen molar-refractivity contribution in [3.8, 4) is 0 Å². The molecular weight excluding hydrogens is 214 g/mol. The molecule has 2 N–H and O–H groups in total. The van der Waals surface area contributed by atoms with Crippen LogP contribution < -0.4 is 5.73 Å². The number of nitrogens with two attached hydrogens (primary N) is 1. The highest BCUT2D eigenvalue weighted by molar-refractivity contribution is 8.15. The topological polar surface area (TPSA) is 75.8 Å². The van der Waals surface area contributed by atoms with Crippen molar-refractivity contribution in [3.63, 3.8) is 0 Å². The lowest BCUT2D eigenvalue weighted by molar-refractivity contribution is -0.128.